The van der Waals surface area contributed by atoms with Gasteiger partial charge in [-0.15, -0.1) is 0 Å². The van der Waals surface area contributed by atoms with Gasteiger partial charge in [-0.25, -0.2) is 0 Å². The molecule has 0 fully saturated rings. The third kappa shape index (κ3) is 4.70. The van der Waals surface area contributed by atoms with Crippen molar-refractivity contribution in [1.82, 2.24) is 5.32 Å². The van der Waals surface area contributed by atoms with Gasteiger partial charge in [-0.3, -0.25) is 10.1 Å². The molecule has 94 valence electrons. The van der Waals surface area contributed by atoms with Gasteiger partial charge in [0.05, 0.1) is 4.92 Å². The predicted octanol–water partition coefficient (Wildman–Crippen LogP) is 2.77. The molecular weight excluding hydrogens is 286 g/mol. The Balaban J connectivity index is 2.62. The number of rotatable bonds is 6. The van der Waals surface area contributed by atoms with Crippen molar-refractivity contribution in [2.75, 3.05) is 18.4 Å². The Morgan fingerprint density at radius 2 is 2.12 bits per heavy atom. The highest BCUT2D eigenvalue weighted by Gasteiger charge is 2.12. The van der Waals surface area contributed by atoms with Crippen molar-refractivity contribution >= 4 is 27.3 Å². The van der Waals surface area contributed by atoms with E-state index in [2.05, 4.69) is 40.4 Å². The average Bonchev–Trinajstić information content (AvgIpc) is 2.23. The lowest BCUT2D eigenvalue weighted by Crippen LogP contribution is -2.28. The molecule has 1 rings (SSSR count). The molecule has 1 aromatic rings. The number of nitrogens with zero attached hydrogens (tertiary/aromatic N) is 1. The molecule has 0 unspecified atom stereocenters. The second-order valence-corrected chi connectivity index (χ2v) is 4.87. The van der Waals surface area contributed by atoms with Gasteiger partial charge in [0.15, 0.2) is 0 Å². The maximum Gasteiger partial charge on any atom is 0.292 e. The summed E-state index contributed by atoms with van der Waals surface area (Å²) in [7, 11) is 0. The Morgan fingerprint density at radius 3 is 2.71 bits per heavy atom. The minimum Gasteiger partial charge on any atom is -0.378 e. The van der Waals surface area contributed by atoms with Crippen molar-refractivity contribution in [1.29, 1.82) is 0 Å². The van der Waals surface area contributed by atoms with E-state index in [1.165, 1.54) is 6.07 Å². The van der Waals surface area contributed by atoms with Gasteiger partial charge in [-0.05, 0) is 12.1 Å². The van der Waals surface area contributed by atoms with Crippen molar-refractivity contribution in [2.45, 2.75) is 19.9 Å². The largest absolute Gasteiger partial charge is 0.378 e. The smallest absolute Gasteiger partial charge is 0.292 e. The van der Waals surface area contributed by atoms with Gasteiger partial charge in [0.25, 0.3) is 5.69 Å². The normalized spacial score (nSPS) is 10.6. The Labute approximate surface area is 109 Å². The van der Waals surface area contributed by atoms with Crippen LogP contribution in [0.5, 0.6) is 0 Å². The monoisotopic (exact) mass is 301 g/mol. The molecule has 2 N–H and O–H groups in total. The Kier molecular flexibility index (Phi) is 5.37. The summed E-state index contributed by atoms with van der Waals surface area (Å²) in [6.07, 6.45) is 0. The van der Waals surface area contributed by atoms with Crippen LogP contribution in [0.2, 0.25) is 0 Å². The molecule has 17 heavy (non-hydrogen) atoms. The molecule has 0 saturated heterocycles. The van der Waals surface area contributed by atoms with Crippen molar-refractivity contribution in [3.8, 4) is 0 Å². The lowest BCUT2D eigenvalue weighted by molar-refractivity contribution is -0.384. The van der Waals surface area contributed by atoms with E-state index in [4.69, 9.17) is 0 Å². The van der Waals surface area contributed by atoms with Crippen LogP contribution in [0.3, 0.4) is 0 Å². The molecule has 6 heteroatoms. The topological polar surface area (TPSA) is 67.2 Å². The minimum absolute atomic E-state index is 0.0951. The van der Waals surface area contributed by atoms with E-state index in [0.29, 0.717) is 18.3 Å². The molecule has 0 amide bonds. The van der Waals surface area contributed by atoms with Gasteiger partial charge in [-0.2, -0.15) is 0 Å². The molecular formula is C11H16BrN3O2. The third-order valence-electron chi connectivity index (χ3n) is 2.15. The van der Waals surface area contributed by atoms with Gasteiger partial charge >= 0.3 is 0 Å². The summed E-state index contributed by atoms with van der Waals surface area (Å²) >= 11 is 3.30. The number of benzene rings is 1. The summed E-state index contributed by atoms with van der Waals surface area (Å²) in [4.78, 5) is 10.4. The van der Waals surface area contributed by atoms with Gasteiger partial charge in [0.1, 0.15) is 5.69 Å². The quantitative estimate of drug-likeness (QED) is 0.482. The molecule has 0 aliphatic heterocycles. The van der Waals surface area contributed by atoms with Crippen LogP contribution < -0.4 is 10.6 Å². The van der Waals surface area contributed by atoms with Crippen LogP contribution in [-0.2, 0) is 0 Å². The standard InChI is InChI=1S/C11H16BrN3O2/c1-8(2)13-5-6-14-10-7-9(12)3-4-11(10)15(16)17/h3-4,7-8,13-14H,5-6H2,1-2H3. The number of nitrogens with one attached hydrogen (secondary N) is 2. The number of halogens is 1. The first kappa shape index (κ1) is 13.9. The van der Waals surface area contributed by atoms with Gasteiger partial charge in [0, 0.05) is 29.7 Å². The number of anilines is 1. The van der Waals surface area contributed by atoms with E-state index >= 15 is 0 Å². The summed E-state index contributed by atoms with van der Waals surface area (Å²) in [5, 5.41) is 17.1. The average molecular weight is 302 g/mol. The third-order valence-corrected chi connectivity index (χ3v) is 2.64. The molecule has 0 radical (unpaired) electrons. The number of nitro benzene ring substituents is 1. The molecule has 0 aliphatic rings. The zero-order valence-corrected chi connectivity index (χ0v) is 11.5. The molecule has 0 aliphatic carbocycles. The Hall–Kier alpha value is -1.14. The highest BCUT2D eigenvalue weighted by Crippen LogP contribution is 2.27. The van der Waals surface area contributed by atoms with Crippen LogP contribution in [0.4, 0.5) is 11.4 Å². The molecule has 0 spiro atoms. The summed E-state index contributed by atoms with van der Waals surface area (Å²) in [5.41, 5.74) is 0.632. The molecule has 0 atom stereocenters. The molecule has 0 heterocycles. The van der Waals surface area contributed by atoms with Crippen molar-refractivity contribution < 1.29 is 4.92 Å². The van der Waals surface area contributed by atoms with Crippen LogP contribution in [0, 0.1) is 10.1 Å². The van der Waals surface area contributed by atoms with E-state index in [0.717, 1.165) is 11.0 Å². The second-order valence-electron chi connectivity index (χ2n) is 3.95. The van der Waals surface area contributed by atoms with E-state index < -0.39 is 0 Å². The zero-order valence-electron chi connectivity index (χ0n) is 9.87. The number of hydrogen-bond acceptors (Lipinski definition) is 4. The first-order valence-corrected chi connectivity index (χ1v) is 6.21. The highest BCUT2D eigenvalue weighted by atomic mass is 79.9. The zero-order chi connectivity index (χ0) is 12.8. The number of hydrogen-bond donors (Lipinski definition) is 2. The Bertz CT molecular complexity index is 396. The first-order valence-electron chi connectivity index (χ1n) is 5.42. The number of nitro groups is 1. The molecule has 0 saturated carbocycles. The van der Waals surface area contributed by atoms with Gasteiger partial charge in [-0.1, -0.05) is 29.8 Å². The maximum atomic E-state index is 10.8. The fourth-order valence-electron chi connectivity index (χ4n) is 1.37. The van der Waals surface area contributed by atoms with Crippen LogP contribution in [-0.4, -0.2) is 24.1 Å². The lowest BCUT2D eigenvalue weighted by atomic mass is 10.2. The van der Waals surface area contributed by atoms with E-state index in [-0.39, 0.29) is 10.6 Å². The van der Waals surface area contributed by atoms with Gasteiger partial charge < -0.3 is 10.6 Å². The molecule has 0 bridgehead atoms. The molecule has 0 aromatic heterocycles. The maximum absolute atomic E-state index is 10.8. The van der Waals surface area contributed by atoms with E-state index in [9.17, 15) is 10.1 Å². The summed E-state index contributed by atoms with van der Waals surface area (Å²) in [5.74, 6) is 0. The summed E-state index contributed by atoms with van der Waals surface area (Å²) < 4.78 is 0.822. The Morgan fingerprint density at radius 1 is 1.41 bits per heavy atom. The van der Waals surface area contributed by atoms with Crippen LogP contribution in [0.1, 0.15) is 13.8 Å². The summed E-state index contributed by atoms with van der Waals surface area (Å²) in [6.45, 7) is 5.53. The van der Waals surface area contributed by atoms with Crippen LogP contribution in [0.15, 0.2) is 22.7 Å². The van der Waals surface area contributed by atoms with Crippen LogP contribution in [0.25, 0.3) is 0 Å². The SMILES string of the molecule is CC(C)NCCNc1cc(Br)ccc1[N+](=O)[O-]. The second kappa shape index (κ2) is 6.56. The van der Waals surface area contributed by atoms with E-state index in [1.807, 2.05) is 0 Å². The molecule has 1 aromatic carbocycles. The van der Waals surface area contributed by atoms with Crippen LogP contribution >= 0.6 is 15.9 Å². The minimum atomic E-state index is -0.384. The fourth-order valence-corrected chi connectivity index (χ4v) is 1.73. The van der Waals surface area contributed by atoms with Gasteiger partial charge in [0.2, 0.25) is 0 Å². The van der Waals surface area contributed by atoms with E-state index in [1.54, 1.807) is 12.1 Å². The highest BCUT2D eigenvalue weighted by molar-refractivity contribution is 9.10. The first-order chi connectivity index (χ1) is 8.00. The van der Waals surface area contributed by atoms with Crippen molar-refractivity contribution in [2.24, 2.45) is 0 Å². The predicted molar refractivity (Wildman–Crippen MR) is 72.4 cm³/mol. The van der Waals surface area contributed by atoms with Crippen molar-refractivity contribution in [3.63, 3.8) is 0 Å². The molecule has 5 nitrogen and oxygen atoms in total. The fraction of sp³-hybridized carbons (Fsp3) is 0.455. The van der Waals surface area contributed by atoms with Crippen molar-refractivity contribution in [3.05, 3.63) is 32.8 Å². The summed E-state index contributed by atoms with van der Waals surface area (Å²) in [6, 6.07) is 5.28. The lowest BCUT2D eigenvalue weighted by Gasteiger charge is -2.10.